The number of benzene rings is 1. The normalized spacial score (nSPS) is 15.0. The van der Waals surface area contributed by atoms with Crippen LogP contribution >= 0.6 is 0 Å². The Labute approximate surface area is 146 Å². The first-order valence-corrected chi connectivity index (χ1v) is 8.44. The van der Waals surface area contributed by atoms with E-state index in [1.165, 1.54) is 0 Å². The van der Waals surface area contributed by atoms with Gasteiger partial charge in [-0.25, -0.2) is 9.97 Å². The zero-order chi connectivity index (χ0) is 17.4. The monoisotopic (exact) mass is 339 g/mol. The highest BCUT2D eigenvalue weighted by Crippen LogP contribution is 2.33. The number of fused-ring (bicyclic) bond motifs is 2. The molecule has 1 aliphatic heterocycles. The van der Waals surface area contributed by atoms with E-state index in [4.69, 9.17) is 9.47 Å². The topological polar surface area (TPSA) is 74.1 Å². The first-order chi connectivity index (χ1) is 12.1. The van der Waals surface area contributed by atoms with E-state index < -0.39 is 0 Å². The van der Waals surface area contributed by atoms with Gasteiger partial charge in [-0.2, -0.15) is 5.10 Å². The number of nitrogens with zero attached hydrogens (tertiary/aromatic N) is 4. The van der Waals surface area contributed by atoms with Crippen molar-refractivity contribution in [3.63, 3.8) is 0 Å². The van der Waals surface area contributed by atoms with Crippen molar-refractivity contribution < 1.29 is 9.47 Å². The van der Waals surface area contributed by atoms with E-state index in [2.05, 4.69) is 33.4 Å². The summed E-state index contributed by atoms with van der Waals surface area (Å²) in [6.45, 7) is 5.35. The third kappa shape index (κ3) is 2.97. The number of hydrogen-bond acceptors (Lipinski definition) is 6. The lowest BCUT2D eigenvalue weighted by atomic mass is 10.1. The van der Waals surface area contributed by atoms with Crippen molar-refractivity contribution in [2.45, 2.75) is 26.3 Å². The van der Waals surface area contributed by atoms with Crippen LogP contribution in [0.2, 0.25) is 0 Å². The largest absolute Gasteiger partial charge is 0.490 e. The summed E-state index contributed by atoms with van der Waals surface area (Å²) in [7, 11) is 1.88. The second kappa shape index (κ2) is 6.23. The highest BCUT2D eigenvalue weighted by atomic mass is 16.5. The summed E-state index contributed by atoms with van der Waals surface area (Å²) in [4.78, 5) is 9.01. The first-order valence-electron chi connectivity index (χ1n) is 8.44. The van der Waals surface area contributed by atoms with Crippen molar-refractivity contribution >= 4 is 16.9 Å². The predicted octanol–water partition coefficient (Wildman–Crippen LogP) is 3.01. The van der Waals surface area contributed by atoms with Gasteiger partial charge in [0.15, 0.2) is 17.1 Å². The Kier molecular flexibility index (Phi) is 3.91. The Morgan fingerprint density at radius 1 is 1.16 bits per heavy atom. The Balaban J connectivity index is 1.64. The maximum Gasteiger partial charge on any atom is 0.163 e. The summed E-state index contributed by atoms with van der Waals surface area (Å²) in [6, 6.07) is 6.11. The SMILES string of the molecule is Cc1nc(N[C@H](C)c2ccc3c(c2)OCCCO3)c2cnn(C)c2n1. The lowest BCUT2D eigenvalue weighted by Gasteiger charge is -2.17. The third-order valence-corrected chi connectivity index (χ3v) is 4.33. The Bertz CT molecular complexity index is 921. The molecule has 3 heterocycles. The van der Waals surface area contributed by atoms with Gasteiger partial charge in [-0.05, 0) is 31.5 Å². The molecule has 2 aromatic heterocycles. The number of aromatic nitrogens is 4. The van der Waals surface area contributed by atoms with Gasteiger partial charge < -0.3 is 14.8 Å². The number of aryl methyl sites for hydroxylation is 2. The average Bonchev–Trinajstić information content (AvgIpc) is 2.82. The summed E-state index contributed by atoms with van der Waals surface area (Å²) >= 11 is 0. The molecule has 3 aromatic rings. The molecule has 1 atom stereocenters. The number of anilines is 1. The van der Waals surface area contributed by atoms with Gasteiger partial charge in [-0.1, -0.05) is 6.07 Å². The molecule has 130 valence electrons. The highest BCUT2D eigenvalue weighted by molar-refractivity contribution is 5.86. The minimum atomic E-state index is 0.0508. The molecular weight excluding hydrogens is 318 g/mol. The molecule has 0 unspecified atom stereocenters. The fourth-order valence-corrected chi connectivity index (χ4v) is 2.98. The summed E-state index contributed by atoms with van der Waals surface area (Å²) < 4.78 is 13.2. The van der Waals surface area contributed by atoms with Crippen LogP contribution in [0.1, 0.15) is 30.8 Å². The summed E-state index contributed by atoms with van der Waals surface area (Å²) in [6.07, 6.45) is 2.69. The molecule has 25 heavy (non-hydrogen) atoms. The van der Waals surface area contributed by atoms with Gasteiger partial charge in [0, 0.05) is 13.5 Å². The van der Waals surface area contributed by atoms with E-state index in [9.17, 15) is 0 Å². The molecule has 7 heteroatoms. The molecule has 4 rings (SSSR count). The molecule has 0 saturated carbocycles. The number of ether oxygens (including phenoxy) is 2. The van der Waals surface area contributed by atoms with Crippen LogP contribution in [0.3, 0.4) is 0 Å². The maximum absolute atomic E-state index is 5.79. The molecule has 0 radical (unpaired) electrons. The maximum atomic E-state index is 5.79. The van der Waals surface area contributed by atoms with Gasteiger partial charge in [0.05, 0.1) is 30.8 Å². The van der Waals surface area contributed by atoms with Gasteiger partial charge in [0.2, 0.25) is 0 Å². The molecule has 1 aliphatic rings. The highest BCUT2D eigenvalue weighted by Gasteiger charge is 2.16. The Morgan fingerprint density at radius 2 is 1.96 bits per heavy atom. The Morgan fingerprint density at radius 3 is 2.80 bits per heavy atom. The number of rotatable bonds is 3. The molecule has 1 aromatic carbocycles. The minimum absolute atomic E-state index is 0.0508. The van der Waals surface area contributed by atoms with Crippen molar-refractivity contribution in [3.05, 3.63) is 35.8 Å². The van der Waals surface area contributed by atoms with E-state index in [0.717, 1.165) is 40.3 Å². The quantitative estimate of drug-likeness (QED) is 0.791. The van der Waals surface area contributed by atoms with Crippen molar-refractivity contribution in [2.75, 3.05) is 18.5 Å². The lowest BCUT2D eigenvalue weighted by molar-refractivity contribution is 0.297. The van der Waals surface area contributed by atoms with Crippen LogP contribution in [0.15, 0.2) is 24.4 Å². The Hall–Kier alpha value is -2.83. The predicted molar refractivity (Wildman–Crippen MR) is 95.1 cm³/mol. The molecule has 1 N–H and O–H groups in total. The first kappa shape index (κ1) is 15.7. The lowest BCUT2D eigenvalue weighted by Crippen LogP contribution is -2.10. The molecule has 0 saturated heterocycles. The smallest absolute Gasteiger partial charge is 0.163 e. The summed E-state index contributed by atoms with van der Waals surface area (Å²) in [5.74, 6) is 3.11. The second-order valence-electron chi connectivity index (χ2n) is 6.25. The van der Waals surface area contributed by atoms with E-state index in [0.29, 0.717) is 19.0 Å². The van der Waals surface area contributed by atoms with Crippen LogP contribution < -0.4 is 14.8 Å². The summed E-state index contributed by atoms with van der Waals surface area (Å²) in [5, 5.41) is 8.67. The van der Waals surface area contributed by atoms with Gasteiger partial charge in [0.1, 0.15) is 11.6 Å². The molecule has 0 amide bonds. The van der Waals surface area contributed by atoms with Gasteiger partial charge in [-0.3, -0.25) is 4.68 Å². The third-order valence-electron chi connectivity index (χ3n) is 4.33. The van der Waals surface area contributed by atoms with E-state index in [-0.39, 0.29) is 6.04 Å². The van der Waals surface area contributed by atoms with Crippen molar-refractivity contribution in [1.29, 1.82) is 0 Å². The molecular formula is C18H21N5O2. The van der Waals surface area contributed by atoms with Crippen molar-refractivity contribution in [2.24, 2.45) is 7.05 Å². The summed E-state index contributed by atoms with van der Waals surface area (Å²) in [5.41, 5.74) is 1.93. The molecule has 7 nitrogen and oxygen atoms in total. The zero-order valence-corrected chi connectivity index (χ0v) is 14.6. The molecule has 0 aliphatic carbocycles. The van der Waals surface area contributed by atoms with Crippen molar-refractivity contribution in [3.8, 4) is 11.5 Å². The fraction of sp³-hybridized carbons (Fsp3) is 0.389. The van der Waals surface area contributed by atoms with Crippen molar-refractivity contribution in [1.82, 2.24) is 19.7 Å². The minimum Gasteiger partial charge on any atom is -0.490 e. The van der Waals surface area contributed by atoms with E-state index in [1.807, 2.05) is 26.1 Å². The van der Waals surface area contributed by atoms with Gasteiger partial charge in [-0.15, -0.1) is 0 Å². The number of nitrogens with one attached hydrogen (secondary N) is 1. The number of hydrogen-bond donors (Lipinski definition) is 1. The zero-order valence-electron chi connectivity index (χ0n) is 14.6. The van der Waals surface area contributed by atoms with E-state index in [1.54, 1.807) is 10.9 Å². The standard InChI is InChI=1S/C18H21N5O2/c1-11(13-5-6-15-16(9-13)25-8-4-7-24-15)20-17-14-10-19-23(3)18(14)22-12(2)21-17/h5-6,9-11H,4,7-8H2,1-3H3,(H,20,21,22)/t11-/m1/s1. The van der Waals surface area contributed by atoms with Crippen LogP contribution in [-0.4, -0.2) is 33.0 Å². The van der Waals surface area contributed by atoms with Crippen LogP contribution in [0.5, 0.6) is 11.5 Å². The van der Waals surface area contributed by atoms with Gasteiger partial charge >= 0.3 is 0 Å². The molecule has 0 bridgehead atoms. The molecule has 0 fully saturated rings. The fourth-order valence-electron chi connectivity index (χ4n) is 2.98. The van der Waals surface area contributed by atoms with Crippen LogP contribution in [0, 0.1) is 6.92 Å². The van der Waals surface area contributed by atoms with Crippen LogP contribution in [-0.2, 0) is 7.05 Å². The van der Waals surface area contributed by atoms with Crippen LogP contribution in [0.4, 0.5) is 5.82 Å². The average molecular weight is 339 g/mol. The molecule has 0 spiro atoms. The van der Waals surface area contributed by atoms with Gasteiger partial charge in [0.25, 0.3) is 0 Å². The van der Waals surface area contributed by atoms with Crippen LogP contribution in [0.25, 0.3) is 11.0 Å². The second-order valence-corrected chi connectivity index (χ2v) is 6.25. The van der Waals surface area contributed by atoms with E-state index >= 15 is 0 Å².